The number of amides is 1. The second kappa shape index (κ2) is 6.46. The molecule has 2 N–H and O–H groups in total. The number of nitrogens with zero attached hydrogens (tertiary/aromatic N) is 2. The van der Waals surface area contributed by atoms with E-state index in [4.69, 9.17) is 5.11 Å². The number of aliphatic hydroxyl groups excluding tert-OH is 1. The molecule has 2 unspecified atom stereocenters. The van der Waals surface area contributed by atoms with E-state index in [0.717, 1.165) is 4.68 Å². The van der Waals surface area contributed by atoms with Crippen LogP contribution >= 0.6 is 0 Å². The molecule has 1 heterocycles. The van der Waals surface area contributed by atoms with E-state index in [9.17, 15) is 18.0 Å². The van der Waals surface area contributed by atoms with Crippen LogP contribution in [0.3, 0.4) is 0 Å². The molecular weight excluding hydrogens is 287 g/mol. The minimum atomic E-state index is -4.36. The van der Waals surface area contributed by atoms with E-state index in [1.165, 1.54) is 13.8 Å². The lowest BCUT2D eigenvalue weighted by Crippen LogP contribution is -2.33. The van der Waals surface area contributed by atoms with Crippen LogP contribution < -0.4 is 5.32 Å². The Morgan fingerprint density at radius 1 is 1.38 bits per heavy atom. The van der Waals surface area contributed by atoms with Gasteiger partial charge in [0, 0.05) is 17.8 Å². The van der Waals surface area contributed by atoms with Crippen molar-refractivity contribution in [2.45, 2.75) is 52.4 Å². The van der Waals surface area contributed by atoms with Gasteiger partial charge in [0.1, 0.15) is 6.54 Å². The fourth-order valence-electron chi connectivity index (χ4n) is 2.19. The van der Waals surface area contributed by atoms with E-state index < -0.39 is 24.7 Å². The van der Waals surface area contributed by atoms with Crippen molar-refractivity contribution in [2.75, 3.05) is 6.54 Å². The Kier molecular flexibility index (Phi) is 5.38. The number of aromatic nitrogens is 2. The molecule has 1 amide bonds. The van der Waals surface area contributed by atoms with Crippen molar-refractivity contribution in [3.63, 3.8) is 0 Å². The number of carbonyl (C=O) groups is 1. The van der Waals surface area contributed by atoms with Crippen LogP contribution in [-0.2, 0) is 11.3 Å². The molecule has 21 heavy (non-hydrogen) atoms. The number of carbonyl (C=O) groups excluding carboxylic acids is 1. The van der Waals surface area contributed by atoms with Crippen molar-refractivity contribution in [1.29, 1.82) is 0 Å². The average molecular weight is 307 g/mol. The highest BCUT2D eigenvalue weighted by atomic mass is 19.4. The second-order valence-electron chi connectivity index (χ2n) is 5.17. The Morgan fingerprint density at radius 2 is 1.95 bits per heavy atom. The van der Waals surface area contributed by atoms with Gasteiger partial charge >= 0.3 is 6.18 Å². The number of rotatable bonds is 5. The molecule has 0 aliphatic heterocycles. The van der Waals surface area contributed by atoms with Crippen molar-refractivity contribution < 1.29 is 23.1 Å². The highest BCUT2D eigenvalue weighted by Gasteiger charge is 2.31. The number of alkyl halides is 3. The van der Waals surface area contributed by atoms with E-state index in [0.29, 0.717) is 17.0 Å². The van der Waals surface area contributed by atoms with Crippen molar-refractivity contribution in [1.82, 2.24) is 15.1 Å². The van der Waals surface area contributed by atoms with Gasteiger partial charge in [-0.05, 0) is 27.7 Å². The van der Waals surface area contributed by atoms with Crippen molar-refractivity contribution >= 4 is 5.91 Å². The zero-order chi connectivity index (χ0) is 16.4. The van der Waals surface area contributed by atoms with Crippen molar-refractivity contribution in [2.24, 2.45) is 0 Å². The van der Waals surface area contributed by atoms with Gasteiger partial charge in [-0.1, -0.05) is 0 Å². The van der Waals surface area contributed by atoms with Crippen LogP contribution in [0.1, 0.15) is 36.7 Å². The third-order valence-electron chi connectivity index (χ3n) is 3.16. The summed E-state index contributed by atoms with van der Waals surface area (Å²) < 4.78 is 38.3. The molecule has 0 aliphatic carbocycles. The number of halogens is 3. The van der Waals surface area contributed by atoms with Gasteiger partial charge in [-0.15, -0.1) is 0 Å². The summed E-state index contributed by atoms with van der Waals surface area (Å²) in [5.74, 6) is -0.987. The normalized spacial score (nSPS) is 14.9. The van der Waals surface area contributed by atoms with E-state index >= 15 is 0 Å². The van der Waals surface area contributed by atoms with Crippen LogP contribution in [0, 0.1) is 13.8 Å². The summed E-state index contributed by atoms with van der Waals surface area (Å²) in [6.07, 6.45) is -5.05. The molecule has 0 aliphatic rings. The summed E-state index contributed by atoms with van der Waals surface area (Å²) in [6, 6.07) is 0. The molecule has 1 aromatic heterocycles. The molecule has 1 rings (SSSR count). The predicted octanol–water partition coefficient (Wildman–Crippen LogP) is 1.66. The van der Waals surface area contributed by atoms with Crippen LogP contribution in [0.15, 0.2) is 0 Å². The predicted molar refractivity (Wildman–Crippen MR) is 70.9 cm³/mol. The monoisotopic (exact) mass is 307 g/mol. The van der Waals surface area contributed by atoms with Crippen LogP contribution in [0.4, 0.5) is 13.2 Å². The molecule has 0 bridgehead atoms. The van der Waals surface area contributed by atoms with E-state index in [-0.39, 0.29) is 12.5 Å². The first-order valence-electron chi connectivity index (χ1n) is 6.59. The molecule has 2 atom stereocenters. The molecule has 0 spiro atoms. The SMILES string of the molecule is Cc1nn(CC(F)(F)F)c(C)c1C(C)C(=O)NCC(C)O. The summed E-state index contributed by atoms with van der Waals surface area (Å²) in [7, 11) is 0. The minimum absolute atomic E-state index is 0.0952. The first-order valence-corrected chi connectivity index (χ1v) is 6.59. The number of hydrogen-bond acceptors (Lipinski definition) is 3. The Labute approximate surface area is 121 Å². The Balaban J connectivity index is 2.95. The number of hydrogen-bond donors (Lipinski definition) is 2. The van der Waals surface area contributed by atoms with Crippen LogP contribution in [0.25, 0.3) is 0 Å². The van der Waals surface area contributed by atoms with E-state index in [1.807, 2.05) is 0 Å². The fourth-order valence-corrected chi connectivity index (χ4v) is 2.19. The summed E-state index contributed by atoms with van der Waals surface area (Å²) in [5, 5.41) is 15.5. The molecule has 0 saturated heterocycles. The maximum Gasteiger partial charge on any atom is 0.408 e. The standard InChI is InChI=1S/C13H20F3N3O2/c1-7(20)5-17-12(21)8(2)11-9(3)18-19(10(11)4)6-13(14,15)16/h7-8,20H,5-6H2,1-4H3,(H,17,21). The van der Waals surface area contributed by atoms with Crippen LogP contribution in [-0.4, -0.2) is 39.6 Å². The number of nitrogens with one attached hydrogen (secondary N) is 1. The zero-order valence-corrected chi connectivity index (χ0v) is 12.5. The molecule has 0 radical (unpaired) electrons. The van der Waals surface area contributed by atoms with Gasteiger partial charge in [-0.3, -0.25) is 9.48 Å². The lowest BCUT2D eigenvalue weighted by atomic mass is 9.98. The lowest BCUT2D eigenvalue weighted by Gasteiger charge is -2.14. The van der Waals surface area contributed by atoms with Gasteiger partial charge in [-0.2, -0.15) is 18.3 Å². The zero-order valence-electron chi connectivity index (χ0n) is 12.5. The summed E-state index contributed by atoms with van der Waals surface area (Å²) in [6.45, 7) is 5.14. The first kappa shape index (κ1) is 17.5. The summed E-state index contributed by atoms with van der Waals surface area (Å²) in [5.41, 5.74) is 1.21. The molecule has 0 fully saturated rings. The highest BCUT2D eigenvalue weighted by Crippen LogP contribution is 2.26. The Hall–Kier alpha value is -1.57. The highest BCUT2D eigenvalue weighted by molar-refractivity contribution is 5.83. The molecular formula is C13H20F3N3O2. The van der Waals surface area contributed by atoms with Gasteiger partial charge in [0.2, 0.25) is 5.91 Å². The van der Waals surface area contributed by atoms with Gasteiger partial charge in [0.15, 0.2) is 0 Å². The van der Waals surface area contributed by atoms with Gasteiger partial charge in [-0.25, -0.2) is 0 Å². The van der Waals surface area contributed by atoms with Gasteiger partial charge in [0.25, 0.3) is 0 Å². The quantitative estimate of drug-likeness (QED) is 0.869. The minimum Gasteiger partial charge on any atom is -0.392 e. The third kappa shape index (κ3) is 4.73. The molecule has 5 nitrogen and oxygen atoms in total. The van der Waals surface area contributed by atoms with Crippen molar-refractivity contribution in [3.05, 3.63) is 17.0 Å². The molecule has 1 aromatic rings. The third-order valence-corrected chi connectivity index (χ3v) is 3.16. The molecule has 120 valence electrons. The lowest BCUT2D eigenvalue weighted by molar-refractivity contribution is -0.143. The smallest absolute Gasteiger partial charge is 0.392 e. The number of aliphatic hydroxyl groups is 1. The van der Waals surface area contributed by atoms with Crippen LogP contribution in [0.5, 0.6) is 0 Å². The largest absolute Gasteiger partial charge is 0.408 e. The maximum atomic E-state index is 12.5. The van der Waals surface area contributed by atoms with Crippen LogP contribution in [0.2, 0.25) is 0 Å². The second-order valence-corrected chi connectivity index (χ2v) is 5.17. The average Bonchev–Trinajstić information content (AvgIpc) is 2.58. The van der Waals surface area contributed by atoms with Gasteiger partial charge in [0.05, 0.1) is 17.7 Å². The summed E-state index contributed by atoms with van der Waals surface area (Å²) >= 11 is 0. The maximum absolute atomic E-state index is 12.5. The van der Waals surface area contributed by atoms with E-state index in [1.54, 1.807) is 13.8 Å². The number of aryl methyl sites for hydroxylation is 1. The fraction of sp³-hybridized carbons (Fsp3) is 0.692. The van der Waals surface area contributed by atoms with Crippen molar-refractivity contribution in [3.8, 4) is 0 Å². The van der Waals surface area contributed by atoms with E-state index in [2.05, 4.69) is 10.4 Å². The Bertz CT molecular complexity index is 509. The van der Waals surface area contributed by atoms with Gasteiger partial charge < -0.3 is 10.4 Å². The topological polar surface area (TPSA) is 67.2 Å². The molecule has 0 saturated carbocycles. The Morgan fingerprint density at radius 3 is 2.43 bits per heavy atom. The molecule has 8 heteroatoms. The molecule has 0 aromatic carbocycles. The summed E-state index contributed by atoms with van der Waals surface area (Å²) in [4.78, 5) is 12.0. The first-order chi connectivity index (χ1) is 9.53.